The highest BCUT2D eigenvalue weighted by atomic mass is 19.1. The fraction of sp³-hybridized carbons (Fsp3) is 0.174. The van der Waals surface area contributed by atoms with Crippen molar-refractivity contribution in [3.05, 3.63) is 83.3 Å². The van der Waals surface area contributed by atoms with Crippen LogP contribution in [0.3, 0.4) is 0 Å². The van der Waals surface area contributed by atoms with Crippen LogP contribution in [-0.2, 0) is 16.0 Å². The van der Waals surface area contributed by atoms with Crippen LogP contribution in [0.2, 0.25) is 0 Å². The lowest BCUT2D eigenvalue weighted by molar-refractivity contribution is -0.123. The van der Waals surface area contributed by atoms with Crippen molar-refractivity contribution < 1.29 is 18.7 Å². The molecule has 30 heavy (non-hydrogen) atoms. The van der Waals surface area contributed by atoms with E-state index in [1.807, 2.05) is 32.0 Å². The summed E-state index contributed by atoms with van der Waals surface area (Å²) in [4.78, 5) is 28.1. The second-order valence-electron chi connectivity index (χ2n) is 6.86. The number of ether oxygens (including phenoxy) is 1. The van der Waals surface area contributed by atoms with E-state index in [0.717, 1.165) is 5.56 Å². The highest BCUT2D eigenvalue weighted by Crippen LogP contribution is 2.22. The fourth-order valence-electron chi connectivity index (χ4n) is 2.69. The lowest BCUT2D eigenvalue weighted by Crippen LogP contribution is -2.33. The Labute approximate surface area is 174 Å². The van der Waals surface area contributed by atoms with Crippen molar-refractivity contribution in [3.63, 3.8) is 0 Å². The van der Waals surface area contributed by atoms with Gasteiger partial charge in [-0.3, -0.25) is 9.59 Å². The molecule has 3 aromatic rings. The minimum Gasteiger partial charge on any atom is -0.439 e. The molecule has 0 radical (unpaired) electrons. The second-order valence-corrected chi connectivity index (χ2v) is 6.86. The number of pyridine rings is 1. The van der Waals surface area contributed by atoms with E-state index < -0.39 is 11.7 Å². The van der Waals surface area contributed by atoms with Crippen molar-refractivity contribution in [1.29, 1.82) is 0 Å². The molecule has 2 N–H and O–H groups in total. The average Bonchev–Trinajstić information content (AvgIpc) is 2.71. The van der Waals surface area contributed by atoms with Gasteiger partial charge < -0.3 is 15.4 Å². The summed E-state index contributed by atoms with van der Waals surface area (Å²) in [6.07, 6.45) is 1.47. The van der Waals surface area contributed by atoms with Crippen LogP contribution in [0.4, 0.5) is 10.1 Å². The van der Waals surface area contributed by atoms with Gasteiger partial charge in [0.1, 0.15) is 11.6 Å². The zero-order valence-electron chi connectivity index (χ0n) is 16.7. The Morgan fingerprint density at radius 2 is 1.83 bits per heavy atom. The predicted molar refractivity (Wildman–Crippen MR) is 112 cm³/mol. The number of carbonyl (C=O) groups excluding carboxylic acids is 2. The normalized spacial score (nSPS) is 10.4. The molecule has 1 aromatic heterocycles. The van der Waals surface area contributed by atoms with Gasteiger partial charge in [-0.2, -0.15) is 0 Å². The van der Waals surface area contributed by atoms with Crippen LogP contribution in [0.5, 0.6) is 11.6 Å². The van der Waals surface area contributed by atoms with Crippen molar-refractivity contribution in [2.24, 2.45) is 0 Å². The zero-order valence-corrected chi connectivity index (χ0v) is 16.7. The number of nitrogens with one attached hydrogen (secondary N) is 2. The summed E-state index contributed by atoms with van der Waals surface area (Å²) in [6, 6.07) is 14.9. The highest BCUT2D eigenvalue weighted by Gasteiger charge is 2.08. The topological polar surface area (TPSA) is 80.3 Å². The van der Waals surface area contributed by atoms with Crippen LogP contribution in [0.1, 0.15) is 16.7 Å². The molecule has 0 aliphatic carbocycles. The van der Waals surface area contributed by atoms with Gasteiger partial charge in [-0.1, -0.05) is 18.2 Å². The molecule has 0 fully saturated rings. The summed E-state index contributed by atoms with van der Waals surface area (Å²) < 4.78 is 18.9. The number of aromatic nitrogens is 1. The number of hydrogen-bond donors (Lipinski definition) is 2. The van der Waals surface area contributed by atoms with Gasteiger partial charge in [0.05, 0.1) is 24.8 Å². The number of anilines is 1. The summed E-state index contributed by atoms with van der Waals surface area (Å²) in [5.41, 5.74) is 3.32. The Hall–Kier alpha value is -3.74. The number of aryl methyl sites for hydroxylation is 2. The molecule has 0 aliphatic heterocycles. The van der Waals surface area contributed by atoms with E-state index in [0.29, 0.717) is 22.9 Å². The number of halogens is 1. The Kier molecular flexibility index (Phi) is 6.75. The maximum atomic E-state index is 13.1. The van der Waals surface area contributed by atoms with Crippen LogP contribution in [-0.4, -0.2) is 23.3 Å². The maximum Gasteiger partial charge on any atom is 0.243 e. The molecule has 0 spiro atoms. The van der Waals surface area contributed by atoms with Gasteiger partial charge in [-0.25, -0.2) is 9.37 Å². The van der Waals surface area contributed by atoms with E-state index in [2.05, 4.69) is 15.6 Å². The van der Waals surface area contributed by atoms with Gasteiger partial charge in [-0.15, -0.1) is 0 Å². The van der Waals surface area contributed by atoms with Gasteiger partial charge in [0, 0.05) is 6.07 Å². The average molecular weight is 407 g/mol. The third kappa shape index (κ3) is 6.13. The molecule has 7 heteroatoms. The lowest BCUT2D eigenvalue weighted by Gasteiger charge is -2.09. The third-order valence-corrected chi connectivity index (χ3v) is 4.42. The molecule has 154 valence electrons. The Balaban J connectivity index is 1.47. The Bertz CT molecular complexity index is 1050. The summed E-state index contributed by atoms with van der Waals surface area (Å²) in [5.74, 6) is -0.0863. The van der Waals surface area contributed by atoms with Crippen LogP contribution in [0, 0.1) is 19.7 Å². The molecule has 2 aromatic carbocycles. The van der Waals surface area contributed by atoms with Crippen LogP contribution < -0.4 is 15.4 Å². The zero-order chi connectivity index (χ0) is 21.5. The first kappa shape index (κ1) is 21.0. The molecular formula is C23H22FN3O3. The third-order valence-electron chi connectivity index (χ3n) is 4.42. The first-order chi connectivity index (χ1) is 14.4. The Morgan fingerprint density at radius 3 is 2.53 bits per heavy atom. The van der Waals surface area contributed by atoms with Gasteiger partial charge in [0.2, 0.25) is 17.7 Å². The monoisotopic (exact) mass is 407 g/mol. The predicted octanol–water partition coefficient (Wildman–Crippen LogP) is 3.93. The maximum absolute atomic E-state index is 13.1. The minimum atomic E-state index is -0.407. The summed E-state index contributed by atoms with van der Waals surface area (Å²) in [7, 11) is 0. The number of rotatable bonds is 7. The van der Waals surface area contributed by atoms with Gasteiger partial charge in [0.25, 0.3) is 0 Å². The van der Waals surface area contributed by atoms with Crippen molar-refractivity contribution in [2.45, 2.75) is 20.3 Å². The molecule has 0 saturated heterocycles. The van der Waals surface area contributed by atoms with Gasteiger partial charge in [0.15, 0.2) is 0 Å². The van der Waals surface area contributed by atoms with Crippen LogP contribution in [0.25, 0.3) is 0 Å². The molecule has 0 saturated carbocycles. The quantitative estimate of drug-likeness (QED) is 0.622. The standard InChI is InChI=1S/C23H22FN3O3/c1-15-6-8-20(10-16(15)2)30-23-9-7-19(13-26-23)27-22(29)14-25-21(28)12-17-4-3-5-18(24)11-17/h3-11,13H,12,14H2,1-2H3,(H,25,28)(H,27,29). The lowest BCUT2D eigenvalue weighted by atomic mass is 10.1. The van der Waals surface area contributed by atoms with Crippen LogP contribution in [0.15, 0.2) is 60.8 Å². The molecule has 0 unspecified atom stereocenters. The molecular weight excluding hydrogens is 385 g/mol. The van der Waals surface area contributed by atoms with Crippen molar-refractivity contribution >= 4 is 17.5 Å². The summed E-state index contributed by atoms with van der Waals surface area (Å²) in [5, 5.41) is 5.15. The summed E-state index contributed by atoms with van der Waals surface area (Å²) in [6.45, 7) is 3.83. The number of amides is 2. The largest absolute Gasteiger partial charge is 0.439 e. The highest BCUT2D eigenvalue weighted by molar-refractivity contribution is 5.94. The number of benzene rings is 2. The number of nitrogens with zero attached hydrogens (tertiary/aromatic N) is 1. The molecule has 0 bridgehead atoms. The van der Waals surface area contributed by atoms with Gasteiger partial charge in [-0.05, 0) is 60.9 Å². The van der Waals surface area contributed by atoms with E-state index in [-0.39, 0.29) is 18.9 Å². The van der Waals surface area contributed by atoms with E-state index in [4.69, 9.17) is 4.74 Å². The SMILES string of the molecule is Cc1ccc(Oc2ccc(NC(=O)CNC(=O)Cc3cccc(F)c3)cn2)cc1C. The molecule has 1 heterocycles. The van der Waals surface area contributed by atoms with Gasteiger partial charge >= 0.3 is 0 Å². The second kappa shape index (κ2) is 9.65. The molecule has 3 rings (SSSR count). The fourth-order valence-corrected chi connectivity index (χ4v) is 2.69. The number of hydrogen-bond acceptors (Lipinski definition) is 4. The van der Waals surface area contributed by atoms with E-state index in [1.54, 1.807) is 18.2 Å². The summed E-state index contributed by atoms with van der Waals surface area (Å²) >= 11 is 0. The molecule has 6 nitrogen and oxygen atoms in total. The smallest absolute Gasteiger partial charge is 0.243 e. The van der Waals surface area contributed by atoms with Crippen molar-refractivity contribution in [2.75, 3.05) is 11.9 Å². The van der Waals surface area contributed by atoms with E-state index in [9.17, 15) is 14.0 Å². The van der Waals surface area contributed by atoms with E-state index in [1.165, 1.54) is 30.0 Å². The molecule has 2 amide bonds. The minimum absolute atomic E-state index is 0.00286. The van der Waals surface area contributed by atoms with Crippen molar-refractivity contribution in [1.82, 2.24) is 10.3 Å². The van der Waals surface area contributed by atoms with E-state index >= 15 is 0 Å². The first-order valence-corrected chi connectivity index (χ1v) is 9.41. The number of carbonyl (C=O) groups is 2. The van der Waals surface area contributed by atoms with Crippen molar-refractivity contribution in [3.8, 4) is 11.6 Å². The Morgan fingerprint density at radius 1 is 1.00 bits per heavy atom. The molecule has 0 atom stereocenters. The van der Waals surface area contributed by atoms with Crippen LogP contribution >= 0.6 is 0 Å². The molecule has 0 aliphatic rings. The first-order valence-electron chi connectivity index (χ1n) is 9.41.